The van der Waals surface area contributed by atoms with Gasteiger partial charge in [0.15, 0.2) is 23.9 Å². The largest absolute Gasteiger partial charge is 0.619 e. The van der Waals surface area contributed by atoms with Gasteiger partial charge < -0.3 is 25.2 Å². The third kappa shape index (κ3) is 5.15. The molecule has 1 atom stereocenters. The minimum atomic E-state index is -0.947. The second-order valence-corrected chi connectivity index (χ2v) is 7.56. The summed E-state index contributed by atoms with van der Waals surface area (Å²) in [4.78, 5) is 12.8. The molecule has 1 heterocycles. The van der Waals surface area contributed by atoms with Gasteiger partial charge >= 0.3 is 5.97 Å². The van der Waals surface area contributed by atoms with Crippen LogP contribution in [0, 0.1) is 11.0 Å². The number of nitrogen functional groups attached to an aromatic ring is 1. The van der Waals surface area contributed by atoms with Crippen LogP contribution in [0.3, 0.4) is 0 Å². The molecule has 7 nitrogen and oxygen atoms in total. The zero-order chi connectivity index (χ0) is 23.4. The van der Waals surface area contributed by atoms with Gasteiger partial charge in [0.1, 0.15) is 22.0 Å². The third-order valence-corrected chi connectivity index (χ3v) is 5.34. The molecule has 0 fully saturated rings. The van der Waals surface area contributed by atoms with Crippen LogP contribution in [-0.4, -0.2) is 20.2 Å². The van der Waals surface area contributed by atoms with E-state index in [0.29, 0.717) is 27.4 Å². The smallest absolute Gasteiger partial charge is 0.341 e. The fourth-order valence-corrected chi connectivity index (χ4v) is 3.68. The molecular weight excluding hydrogens is 462 g/mol. The highest BCUT2D eigenvalue weighted by Gasteiger charge is 2.25. The van der Waals surface area contributed by atoms with Crippen LogP contribution >= 0.6 is 23.2 Å². The Morgan fingerprint density at radius 3 is 2.34 bits per heavy atom. The van der Waals surface area contributed by atoms with Gasteiger partial charge in [-0.3, -0.25) is 0 Å². The first-order valence-corrected chi connectivity index (χ1v) is 10.0. The molecule has 168 valence electrons. The highest BCUT2D eigenvalue weighted by molar-refractivity contribution is 6.35. The Labute approximate surface area is 193 Å². The van der Waals surface area contributed by atoms with E-state index < -0.39 is 17.9 Å². The van der Waals surface area contributed by atoms with E-state index in [0.717, 1.165) is 18.5 Å². The number of halogens is 3. The number of carbonyl (C=O) groups is 1. The molecule has 10 heteroatoms. The van der Waals surface area contributed by atoms with Crippen molar-refractivity contribution in [2.24, 2.45) is 0 Å². The molecule has 3 rings (SSSR count). The molecule has 0 saturated heterocycles. The maximum absolute atomic E-state index is 14.3. The maximum atomic E-state index is 14.3. The van der Waals surface area contributed by atoms with Crippen molar-refractivity contribution in [1.82, 2.24) is 0 Å². The van der Waals surface area contributed by atoms with Crippen LogP contribution in [0.15, 0.2) is 48.8 Å². The normalized spacial score (nSPS) is 11.7. The summed E-state index contributed by atoms with van der Waals surface area (Å²) < 4.78 is 31.0. The number of nitrogens with zero attached hydrogens (tertiary/aromatic N) is 1. The second kappa shape index (κ2) is 9.93. The summed E-state index contributed by atoms with van der Waals surface area (Å²) in [6.07, 6.45) is 1.33. The molecule has 32 heavy (non-hydrogen) atoms. The van der Waals surface area contributed by atoms with Crippen LogP contribution in [0.5, 0.6) is 11.5 Å². The number of hydrogen-bond acceptors (Lipinski definition) is 6. The highest BCUT2D eigenvalue weighted by Crippen LogP contribution is 2.35. The Kier molecular flexibility index (Phi) is 7.27. The van der Waals surface area contributed by atoms with Gasteiger partial charge in [0.05, 0.1) is 19.8 Å². The summed E-state index contributed by atoms with van der Waals surface area (Å²) >= 11 is 12.4. The molecule has 0 bridgehead atoms. The average molecular weight is 481 g/mol. The number of hydrogen-bond donors (Lipinski definition) is 1. The van der Waals surface area contributed by atoms with Gasteiger partial charge in [0.2, 0.25) is 0 Å². The topological polar surface area (TPSA) is 97.7 Å². The van der Waals surface area contributed by atoms with Crippen molar-refractivity contribution >= 4 is 34.9 Å². The minimum absolute atomic E-state index is 0.0102. The van der Waals surface area contributed by atoms with Gasteiger partial charge in [-0.15, -0.1) is 0 Å². The number of benzene rings is 2. The lowest BCUT2D eigenvalue weighted by atomic mass is 10.0. The summed E-state index contributed by atoms with van der Waals surface area (Å²) in [6.45, 7) is 0. The predicted octanol–water partition coefficient (Wildman–Crippen LogP) is 4.51. The SMILES string of the molecule is COc1ccc([C@H](Cc2c(Cl)c[n+]([O-])cc2Cl)OC(=O)c2ccc(N)cc2F)cc1OC. The van der Waals surface area contributed by atoms with Crippen molar-refractivity contribution < 1.29 is 28.1 Å². The molecule has 0 saturated carbocycles. The highest BCUT2D eigenvalue weighted by atomic mass is 35.5. The van der Waals surface area contributed by atoms with Crippen molar-refractivity contribution in [1.29, 1.82) is 0 Å². The zero-order valence-electron chi connectivity index (χ0n) is 17.1. The number of nitrogens with two attached hydrogens (primary N) is 1. The molecule has 1 aromatic heterocycles. The van der Waals surface area contributed by atoms with E-state index in [4.69, 9.17) is 43.1 Å². The number of ether oxygens (including phenoxy) is 3. The number of pyridine rings is 1. The fourth-order valence-electron chi connectivity index (χ4n) is 3.08. The Balaban J connectivity index is 2.02. The Bertz CT molecular complexity index is 1140. The summed E-state index contributed by atoms with van der Waals surface area (Å²) in [7, 11) is 2.95. The zero-order valence-corrected chi connectivity index (χ0v) is 18.6. The van der Waals surface area contributed by atoms with E-state index in [-0.39, 0.29) is 27.7 Å². The first-order valence-electron chi connectivity index (χ1n) is 9.28. The maximum Gasteiger partial charge on any atom is 0.341 e. The van der Waals surface area contributed by atoms with E-state index in [1.165, 1.54) is 26.4 Å². The molecule has 0 unspecified atom stereocenters. The van der Waals surface area contributed by atoms with Gasteiger partial charge in [-0.25, -0.2) is 9.18 Å². The Morgan fingerprint density at radius 2 is 1.75 bits per heavy atom. The van der Waals surface area contributed by atoms with E-state index in [1.807, 2.05) is 0 Å². The standard InChI is InChI=1S/C22H19Cl2FN2O5/c1-30-19-6-3-12(7-21(19)31-2)20(9-15-16(23)10-27(29)11-17(15)24)32-22(28)14-5-4-13(26)8-18(14)25/h3-8,10-11,20H,9,26H2,1-2H3/t20-/m0/s1. The molecule has 0 aliphatic heterocycles. The molecule has 0 amide bonds. The number of esters is 1. The summed E-state index contributed by atoms with van der Waals surface area (Å²) in [5.41, 5.74) is 6.33. The van der Waals surface area contributed by atoms with Gasteiger partial charge in [0, 0.05) is 17.7 Å². The lowest BCUT2D eigenvalue weighted by molar-refractivity contribution is -0.605. The fraction of sp³-hybridized carbons (Fsp3) is 0.182. The van der Waals surface area contributed by atoms with Crippen LogP contribution < -0.4 is 19.9 Å². The quantitative estimate of drug-likeness (QED) is 0.231. The van der Waals surface area contributed by atoms with Crippen LogP contribution in [-0.2, 0) is 11.2 Å². The molecule has 2 aromatic carbocycles. The second-order valence-electron chi connectivity index (χ2n) is 6.74. The van der Waals surface area contributed by atoms with Crippen molar-refractivity contribution in [2.75, 3.05) is 20.0 Å². The number of aromatic nitrogens is 1. The average Bonchev–Trinajstić information content (AvgIpc) is 2.74. The molecule has 0 radical (unpaired) electrons. The van der Waals surface area contributed by atoms with Crippen molar-refractivity contribution in [2.45, 2.75) is 12.5 Å². The van der Waals surface area contributed by atoms with Gasteiger partial charge in [-0.1, -0.05) is 29.3 Å². The molecule has 0 spiro atoms. The van der Waals surface area contributed by atoms with Crippen LogP contribution in [0.25, 0.3) is 0 Å². The van der Waals surface area contributed by atoms with E-state index in [1.54, 1.807) is 18.2 Å². The first kappa shape index (κ1) is 23.4. The van der Waals surface area contributed by atoms with Crippen molar-refractivity contribution in [3.05, 3.63) is 86.6 Å². The molecule has 0 aliphatic carbocycles. The number of methoxy groups -OCH3 is 2. The Hall–Kier alpha value is -3.23. The van der Waals surface area contributed by atoms with E-state index in [2.05, 4.69) is 0 Å². The summed E-state index contributed by atoms with van der Waals surface area (Å²) in [6, 6.07) is 8.58. The van der Waals surface area contributed by atoms with Crippen molar-refractivity contribution in [3.8, 4) is 11.5 Å². The third-order valence-electron chi connectivity index (χ3n) is 4.69. The predicted molar refractivity (Wildman–Crippen MR) is 118 cm³/mol. The molecule has 0 aliphatic rings. The summed E-state index contributed by atoms with van der Waals surface area (Å²) in [5, 5.41) is 11.8. The van der Waals surface area contributed by atoms with Gasteiger partial charge in [0.25, 0.3) is 0 Å². The minimum Gasteiger partial charge on any atom is -0.619 e. The van der Waals surface area contributed by atoms with Crippen LogP contribution in [0.2, 0.25) is 10.0 Å². The van der Waals surface area contributed by atoms with E-state index >= 15 is 0 Å². The Morgan fingerprint density at radius 1 is 1.09 bits per heavy atom. The molecule has 3 aromatic rings. The monoisotopic (exact) mass is 480 g/mol. The lowest BCUT2D eigenvalue weighted by Gasteiger charge is -2.21. The van der Waals surface area contributed by atoms with Crippen molar-refractivity contribution in [3.63, 3.8) is 0 Å². The number of anilines is 1. The van der Waals surface area contributed by atoms with Gasteiger partial charge in [-0.2, -0.15) is 4.73 Å². The van der Waals surface area contributed by atoms with E-state index in [9.17, 15) is 14.4 Å². The summed E-state index contributed by atoms with van der Waals surface area (Å²) in [5.74, 6) is -0.866. The number of carbonyl (C=O) groups excluding carboxylic acids is 1. The van der Waals surface area contributed by atoms with Crippen LogP contribution in [0.4, 0.5) is 10.1 Å². The first-order chi connectivity index (χ1) is 15.2. The van der Waals surface area contributed by atoms with Gasteiger partial charge in [-0.05, 0) is 35.9 Å². The number of rotatable bonds is 7. The molecule has 2 N–H and O–H groups in total. The van der Waals surface area contributed by atoms with Crippen LogP contribution in [0.1, 0.15) is 27.6 Å². The molecular formula is C22H19Cl2FN2O5. The lowest BCUT2D eigenvalue weighted by Crippen LogP contribution is -2.25.